The molecular weight excluding hydrogens is 456 g/mol. The van der Waals surface area contributed by atoms with Crippen molar-refractivity contribution in [3.63, 3.8) is 0 Å². The molecule has 154 valence electrons. The van der Waals surface area contributed by atoms with Crippen LogP contribution in [0.15, 0.2) is 41.0 Å². The summed E-state index contributed by atoms with van der Waals surface area (Å²) in [7, 11) is 1.67. The Labute approximate surface area is 183 Å². The van der Waals surface area contributed by atoms with E-state index in [1.54, 1.807) is 13.3 Å². The molecule has 0 amide bonds. The van der Waals surface area contributed by atoms with Crippen molar-refractivity contribution in [2.75, 3.05) is 18.6 Å². The van der Waals surface area contributed by atoms with Crippen LogP contribution in [0.1, 0.15) is 31.2 Å². The quantitative estimate of drug-likeness (QED) is 0.519. The number of hydrogen-bond acceptors (Lipinski definition) is 5. The number of hydrogen-bond donors (Lipinski definition) is 1. The predicted octanol–water partition coefficient (Wildman–Crippen LogP) is 4.71. The molecule has 0 radical (unpaired) electrons. The first kappa shape index (κ1) is 20.4. The smallest absolute Gasteiger partial charge is 0.173 e. The topological polar surface area (TPSA) is 62.9 Å². The second kappa shape index (κ2) is 8.90. The number of halogens is 2. The number of ether oxygens (including phenoxy) is 1. The van der Waals surface area contributed by atoms with Gasteiger partial charge in [0.15, 0.2) is 5.65 Å². The highest BCUT2D eigenvalue weighted by Gasteiger charge is 2.24. The number of nitrogens with zero attached hydrogens (tertiary/aromatic N) is 4. The molecule has 2 heterocycles. The van der Waals surface area contributed by atoms with Crippen LogP contribution in [0.2, 0.25) is 5.15 Å². The summed E-state index contributed by atoms with van der Waals surface area (Å²) < 4.78 is 7.93. The van der Waals surface area contributed by atoms with E-state index in [4.69, 9.17) is 16.3 Å². The molecule has 1 N–H and O–H groups in total. The third kappa shape index (κ3) is 4.68. The zero-order valence-electron chi connectivity index (χ0n) is 16.3. The highest BCUT2D eigenvalue weighted by atomic mass is 79.9. The number of aromatic nitrogens is 3. The van der Waals surface area contributed by atoms with E-state index in [1.165, 1.54) is 5.56 Å². The van der Waals surface area contributed by atoms with Crippen molar-refractivity contribution in [1.82, 2.24) is 14.6 Å². The van der Waals surface area contributed by atoms with E-state index >= 15 is 0 Å². The van der Waals surface area contributed by atoms with E-state index in [9.17, 15) is 5.11 Å². The van der Waals surface area contributed by atoms with Gasteiger partial charge < -0.3 is 14.7 Å². The molecule has 1 fully saturated rings. The maximum Gasteiger partial charge on any atom is 0.173 e. The van der Waals surface area contributed by atoms with Gasteiger partial charge in [0.05, 0.1) is 23.9 Å². The summed E-state index contributed by atoms with van der Waals surface area (Å²) >= 11 is 9.86. The number of methoxy groups -OCH3 is 1. The fraction of sp³-hybridized carbons (Fsp3) is 0.429. The van der Waals surface area contributed by atoms with Gasteiger partial charge in [0, 0.05) is 19.2 Å². The lowest BCUT2D eigenvalue weighted by molar-refractivity contribution is 0.110. The van der Waals surface area contributed by atoms with Gasteiger partial charge in [0.25, 0.3) is 0 Å². The van der Waals surface area contributed by atoms with Crippen molar-refractivity contribution in [3.05, 3.63) is 51.7 Å². The molecule has 0 atom stereocenters. The summed E-state index contributed by atoms with van der Waals surface area (Å²) in [5.74, 6) is 2.26. The van der Waals surface area contributed by atoms with Gasteiger partial charge in [-0.15, -0.1) is 0 Å². The van der Waals surface area contributed by atoms with Gasteiger partial charge in [-0.05, 0) is 65.2 Å². The average Bonchev–Trinajstić information content (AvgIpc) is 3.10. The van der Waals surface area contributed by atoms with Crippen LogP contribution < -0.4 is 9.64 Å². The van der Waals surface area contributed by atoms with Crippen LogP contribution in [-0.4, -0.2) is 39.5 Å². The number of aliphatic hydroxyl groups is 1. The Morgan fingerprint density at radius 2 is 1.97 bits per heavy atom. The van der Waals surface area contributed by atoms with E-state index in [1.807, 2.05) is 22.7 Å². The Morgan fingerprint density at radius 1 is 1.24 bits per heavy atom. The number of fused-ring (bicyclic) bond motifs is 1. The first-order valence-corrected chi connectivity index (χ1v) is 11.0. The highest BCUT2D eigenvalue weighted by Crippen LogP contribution is 2.30. The zero-order chi connectivity index (χ0) is 20.4. The van der Waals surface area contributed by atoms with Gasteiger partial charge >= 0.3 is 0 Å². The molecule has 0 bridgehead atoms. The molecule has 1 saturated carbocycles. The van der Waals surface area contributed by atoms with Crippen LogP contribution in [-0.2, 0) is 6.54 Å². The number of rotatable bonds is 6. The van der Waals surface area contributed by atoms with Crippen molar-refractivity contribution < 1.29 is 9.84 Å². The fourth-order valence-electron chi connectivity index (χ4n) is 3.95. The summed E-state index contributed by atoms with van der Waals surface area (Å²) in [5, 5.41) is 14.8. The summed E-state index contributed by atoms with van der Waals surface area (Å²) in [6.07, 6.45) is 5.34. The molecule has 6 nitrogen and oxygen atoms in total. The first-order valence-electron chi connectivity index (χ1n) is 9.79. The van der Waals surface area contributed by atoms with E-state index in [0.29, 0.717) is 16.7 Å². The first-order chi connectivity index (χ1) is 14.0. The van der Waals surface area contributed by atoms with Gasteiger partial charge in [-0.1, -0.05) is 23.7 Å². The molecule has 2 aromatic heterocycles. The molecule has 0 spiro atoms. The molecule has 1 aliphatic carbocycles. The van der Waals surface area contributed by atoms with Crippen molar-refractivity contribution >= 4 is 39.0 Å². The van der Waals surface area contributed by atoms with Gasteiger partial charge in [-0.25, -0.2) is 4.98 Å². The van der Waals surface area contributed by atoms with Crippen LogP contribution in [0, 0.1) is 5.92 Å². The highest BCUT2D eigenvalue weighted by molar-refractivity contribution is 9.10. The number of aliphatic hydroxyl groups excluding tert-OH is 1. The summed E-state index contributed by atoms with van der Waals surface area (Å²) in [4.78, 5) is 6.72. The average molecular weight is 480 g/mol. The van der Waals surface area contributed by atoms with Crippen molar-refractivity contribution in [1.29, 1.82) is 0 Å². The SMILES string of the molecule is COc1ccc(CN(C[C@H]2CC[C@H](O)CC2)c2cc(Cl)nc3c(Br)cnn23)cc1. The largest absolute Gasteiger partial charge is 0.497 e. The lowest BCUT2D eigenvalue weighted by Gasteiger charge is -2.32. The van der Waals surface area contributed by atoms with Crippen LogP contribution in [0.4, 0.5) is 5.82 Å². The van der Waals surface area contributed by atoms with Crippen molar-refractivity contribution in [3.8, 4) is 5.75 Å². The summed E-state index contributed by atoms with van der Waals surface area (Å²) in [6, 6.07) is 9.98. The fourth-order valence-corrected chi connectivity index (χ4v) is 4.47. The van der Waals surface area contributed by atoms with Gasteiger partial charge in [-0.3, -0.25) is 0 Å². The lowest BCUT2D eigenvalue weighted by atomic mass is 9.87. The summed E-state index contributed by atoms with van der Waals surface area (Å²) in [6.45, 7) is 1.58. The number of benzene rings is 1. The summed E-state index contributed by atoms with van der Waals surface area (Å²) in [5.41, 5.74) is 1.88. The molecule has 8 heteroatoms. The molecule has 3 aromatic rings. The Balaban J connectivity index is 1.67. The maximum atomic E-state index is 9.87. The van der Waals surface area contributed by atoms with E-state index in [2.05, 4.69) is 43.0 Å². The third-order valence-electron chi connectivity index (χ3n) is 5.53. The predicted molar refractivity (Wildman–Crippen MR) is 118 cm³/mol. The van der Waals surface area contributed by atoms with Crippen LogP contribution in [0.5, 0.6) is 5.75 Å². The number of anilines is 1. The minimum Gasteiger partial charge on any atom is -0.497 e. The second-order valence-corrected chi connectivity index (χ2v) is 8.81. The lowest BCUT2D eigenvalue weighted by Crippen LogP contribution is -2.33. The molecule has 29 heavy (non-hydrogen) atoms. The zero-order valence-corrected chi connectivity index (χ0v) is 18.6. The molecule has 0 saturated heterocycles. The van der Waals surface area contributed by atoms with Gasteiger partial charge in [-0.2, -0.15) is 9.61 Å². The standard InChI is InChI=1S/C21H24BrClN4O2/c1-29-17-8-4-15(5-9-17)13-26(12-14-2-6-16(28)7-3-14)20-10-19(23)25-21-18(22)11-24-27(20)21/h4-5,8-11,14,16,28H,2-3,6-7,12-13H2,1H3/t14-,16-. The molecule has 1 aromatic carbocycles. The normalized spacial score (nSPS) is 19.4. The Morgan fingerprint density at radius 3 is 2.66 bits per heavy atom. The monoisotopic (exact) mass is 478 g/mol. The molecule has 0 unspecified atom stereocenters. The minimum atomic E-state index is -0.162. The Kier molecular flexibility index (Phi) is 6.27. The Bertz CT molecular complexity index is 971. The van der Waals surface area contributed by atoms with E-state index in [0.717, 1.165) is 54.8 Å². The van der Waals surface area contributed by atoms with E-state index in [-0.39, 0.29) is 6.10 Å². The molecule has 4 rings (SSSR count). The maximum absolute atomic E-state index is 9.87. The van der Waals surface area contributed by atoms with Gasteiger partial charge in [0.1, 0.15) is 16.7 Å². The molecular formula is C21H24BrClN4O2. The van der Waals surface area contributed by atoms with Crippen LogP contribution in [0.25, 0.3) is 5.65 Å². The van der Waals surface area contributed by atoms with Crippen LogP contribution >= 0.6 is 27.5 Å². The Hall–Kier alpha value is -1.83. The molecule has 0 aliphatic heterocycles. The minimum absolute atomic E-state index is 0.162. The van der Waals surface area contributed by atoms with E-state index < -0.39 is 0 Å². The van der Waals surface area contributed by atoms with Crippen molar-refractivity contribution in [2.24, 2.45) is 5.92 Å². The van der Waals surface area contributed by atoms with Gasteiger partial charge in [0.2, 0.25) is 0 Å². The molecule has 1 aliphatic rings. The van der Waals surface area contributed by atoms with Crippen LogP contribution in [0.3, 0.4) is 0 Å². The third-order valence-corrected chi connectivity index (χ3v) is 6.28. The second-order valence-electron chi connectivity index (χ2n) is 7.57. The van der Waals surface area contributed by atoms with Crippen molar-refractivity contribution in [2.45, 2.75) is 38.3 Å².